The maximum atomic E-state index is 13.5. The third kappa shape index (κ3) is 5.58. The lowest BCUT2D eigenvalue weighted by molar-refractivity contribution is 0.0939. The summed E-state index contributed by atoms with van der Waals surface area (Å²) in [5.74, 6) is -0.374. The van der Waals surface area contributed by atoms with Crippen LogP contribution in [0.4, 0.5) is 4.39 Å². The smallest absolute Gasteiger partial charge is 0.252 e. The molecular weight excluding hydrogens is 335 g/mol. The molecule has 0 aromatic heterocycles. The van der Waals surface area contributed by atoms with Crippen LogP contribution >= 0.6 is 11.8 Å². The number of likely N-dealkylation sites (N-methyl/N-ethyl adjacent to an activating group) is 1. The fourth-order valence-electron chi connectivity index (χ4n) is 2.61. The second kappa shape index (κ2) is 9.02. The van der Waals surface area contributed by atoms with E-state index >= 15 is 0 Å². The lowest BCUT2D eigenvalue weighted by Crippen LogP contribution is -2.34. The minimum absolute atomic E-state index is 0.0930. The van der Waals surface area contributed by atoms with Crippen LogP contribution in [0.3, 0.4) is 0 Å². The quantitative estimate of drug-likeness (QED) is 0.745. The van der Waals surface area contributed by atoms with Gasteiger partial charge in [-0.25, -0.2) is 4.39 Å². The molecule has 0 fully saturated rings. The third-order valence-corrected chi connectivity index (χ3v) is 4.89. The summed E-state index contributed by atoms with van der Waals surface area (Å²) >= 11 is 1.67. The van der Waals surface area contributed by atoms with Gasteiger partial charge >= 0.3 is 0 Å². The van der Waals surface area contributed by atoms with Gasteiger partial charge in [0.25, 0.3) is 5.91 Å². The highest BCUT2D eigenvalue weighted by atomic mass is 32.2. The minimum Gasteiger partial charge on any atom is -0.350 e. The van der Waals surface area contributed by atoms with Crippen molar-refractivity contribution in [2.75, 3.05) is 20.6 Å². The number of amides is 1. The van der Waals surface area contributed by atoms with Crippen molar-refractivity contribution >= 4 is 17.7 Å². The van der Waals surface area contributed by atoms with E-state index in [0.717, 1.165) is 10.5 Å². The van der Waals surface area contributed by atoms with Crippen molar-refractivity contribution in [1.29, 1.82) is 0 Å². The number of nitrogens with zero attached hydrogens (tertiary/aromatic N) is 1. The third-order valence-electron chi connectivity index (χ3n) is 3.81. The molecule has 0 heterocycles. The largest absolute Gasteiger partial charge is 0.350 e. The second-order valence-corrected chi connectivity index (χ2v) is 8.03. The number of rotatable bonds is 7. The topological polar surface area (TPSA) is 32.3 Å². The Kier molecular flexibility index (Phi) is 7.02. The fraction of sp³-hybridized carbons (Fsp3) is 0.350. The van der Waals surface area contributed by atoms with E-state index in [0.29, 0.717) is 17.4 Å². The molecular formula is C20H25FN2OS. The fourth-order valence-corrected chi connectivity index (χ4v) is 3.56. The molecule has 0 bridgehead atoms. The van der Waals surface area contributed by atoms with Crippen LogP contribution in [-0.2, 0) is 0 Å². The van der Waals surface area contributed by atoms with Crippen molar-refractivity contribution in [2.24, 2.45) is 0 Å². The molecule has 1 atom stereocenters. The molecule has 1 amide bonds. The number of thioether (sulfide) groups is 1. The predicted octanol–water partition coefficient (Wildman–Crippen LogP) is 4.36. The first-order valence-corrected chi connectivity index (χ1v) is 9.22. The van der Waals surface area contributed by atoms with E-state index in [1.54, 1.807) is 17.8 Å². The van der Waals surface area contributed by atoms with E-state index in [-0.39, 0.29) is 17.8 Å². The molecule has 0 spiro atoms. The van der Waals surface area contributed by atoms with Gasteiger partial charge in [-0.15, -0.1) is 11.8 Å². The van der Waals surface area contributed by atoms with Gasteiger partial charge in [-0.1, -0.05) is 38.1 Å². The Bertz CT molecular complexity index is 718. The van der Waals surface area contributed by atoms with Gasteiger partial charge in [0.2, 0.25) is 0 Å². The molecule has 0 aliphatic carbocycles. The molecule has 2 aromatic carbocycles. The number of hydrogen-bond acceptors (Lipinski definition) is 3. The molecule has 0 saturated carbocycles. The summed E-state index contributed by atoms with van der Waals surface area (Å²) in [5, 5.41) is 3.39. The monoisotopic (exact) mass is 360 g/mol. The first-order chi connectivity index (χ1) is 11.9. The van der Waals surface area contributed by atoms with Crippen molar-refractivity contribution in [1.82, 2.24) is 10.2 Å². The zero-order chi connectivity index (χ0) is 18.4. The second-order valence-electron chi connectivity index (χ2n) is 6.41. The predicted molar refractivity (Wildman–Crippen MR) is 103 cm³/mol. The van der Waals surface area contributed by atoms with E-state index in [2.05, 4.69) is 19.2 Å². The molecule has 25 heavy (non-hydrogen) atoms. The van der Waals surface area contributed by atoms with Crippen LogP contribution in [0.2, 0.25) is 0 Å². The lowest BCUT2D eigenvalue weighted by atomic mass is 10.1. The molecule has 3 nitrogen and oxygen atoms in total. The van der Waals surface area contributed by atoms with Crippen molar-refractivity contribution in [3.63, 3.8) is 0 Å². The van der Waals surface area contributed by atoms with Crippen molar-refractivity contribution < 1.29 is 9.18 Å². The minimum atomic E-state index is -0.269. The van der Waals surface area contributed by atoms with Crippen molar-refractivity contribution in [3.8, 4) is 0 Å². The van der Waals surface area contributed by atoms with Crippen LogP contribution in [0.25, 0.3) is 0 Å². The molecule has 0 radical (unpaired) electrons. The summed E-state index contributed by atoms with van der Waals surface area (Å²) < 4.78 is 13.5. The molecule has 0 aliphatic heterocycles. The van der Waals surface area contributed by atoms with E-state index in [4.69, 9.17) is 0 Å². The van der Waals surface area contributed by atoms with Gasteiger partial charge in [-0.05, 0) is 43.9 Å². The molecule has 2 rings (SSSR count). The maximum Gasteiger partial charge on any atom is 0.252 e. The summed E-state index contributed by atoms with van der Waals surface area (Å²) in [4.78, 5) is 15.6. The zero-order valence-corrected chi connectivity index (χ0v) is 15.9. The van der Waals surface area contributed by atoms with Gasteiger partial charge in [-0.2, -0.15) is 0 Å². The Labute approximate surface area is 153 Å². The highest BCUT2D eigenvalue weighted by molar-refractivity contribution is 8.00. The van der Waals surface area contributed by atoms with Crippen LogP contribution in [0, 0.1) is 5.82 Å². The first-order valence-electron chi connectivity index (χ1n) is 8.34. The number of nitrogens with one attached hydrogen (secondary N) is 1. The molecule has 0 saturated heterocycles. The maximum absolute atomic E-state index is 13.5. The molecule has 5 heteroatoms. The average molecular weight is 360 g/mol. The first kappa shape index (κ1) is 19.5. The normalized spacial score (nSPS) is 12.4. The Morgan fingerprint density at radius 2 is 1.88 bits per heavy atom. The Morgan fingerprint density at radius 3 is 2.52 bits per heavy atom. The van der Waals surface area contributed by atoms with Gasteiger partial charge in [0.1, 0.15) is 5.82 Å². The Hall–Kier alpha value is -1.85. The average Bonchev–Trinajstić information content (AvgIpc) is 2.54. The van der Waals surface area contributed by atoms with Gasteiger partial charge in [0.15, 0.2) is 0 Å². The summed E-state index contributed by atoms with van der Waals surface area (Å²) in [6.07, 6.45) is 0. The summed E-state index contributed by atoms with van der Waals surface area (Å²) in [6.45, 7) is 4.62. The molecule has 1 N–H and O–H groups in total. The van der Waals surface area contributed by atoms with Crippen LogP contribution in [0.15, 0.2) is 53.4 Å². The van der Waals surface area contributed by atoms with Crippen molar-refractivity contribution in [2.45, 2.75) is 30.0 Å². The SMILES string of the molecule is CC(C)Sc1ccccc1C(=O)NCC(c1cccc(F)c1)N(C)C. The number of benzene rings is 2. The molecule has 134 valence electrons. The molecule has 1 unspecified atom stereocenters. The van der Waals surface area contributed by atoms with E-state index in [1.807, 2.05) is 49.3 Å². The number of halogens is 1. The summed E-state index contributed by atoms with van der Waals surface area (Å²) in [7, 11) is 3.84. The van der Waals surface area contributed by atoms with Gasteiger partial charge in [0.05, 0.1) is 11.6 Å². The van der Waals surface area contributed by atoms with Crippen LogP contribution in [0.5, 0.6) is 0 Å². The Morgan fingerprint density at radius 1 is 1.16 bits per heavy atom. The van der Waals surface area contributed by atoms with E-state index < -0.39 is 0 Å². The number of carbonyl (C=O) groups excluding carboxylic acids is 1. The van der Waals surface area contributed by atoms with Gasteiger partial charge in [-0.3, -0.25) is 4.79 Å². The van der Waals surface area contributed by atoms with E-state index in [9.17, 15) is 9.18 Å². The zero-order valence-electron chi connectivity index (χ0n) is 15.1. The van der Waals surface area contributed by atoms with Crippen LogP contribution in [-0.4, -0.2) is 36.7 Å². The molecule has 0 aliphatic rings. The summed E-state index contributed by atoms with van der Waals surface area (Å²) in [5.41, 5.74) is 1.52. The highest BCUT2D eigenvalue weighted by Gasteiger charge is 2.18. The standard InChI is InChI=1S/C20H25FN2OS/c1-14(2)25-19-11-6-5-10-17(19)20(24)22-13-18(23(3)4)15-8-7-9-16(21)12-15/h5-12,14,18H,13H2,1-4H3,(H,22,24). The van der Waals surface area contributed by atoms with Crippen molar-refractivity contribution in [3.05, 3.63) is 65.5 Å². The lowest BCUT2D eigenvalue weighted by Gasteiger charge is -2.25. The van der Waals surface area contributed by atoms with Gasteiger partial charge in [0, 0.05) is 16.7 Å². The van der Waals surface area contributed by atoms with Crippen LogP contribution < -0.4 is 5.32 Å². The number of hydrogen-bond donors (Lipinski definition) is 1. The molecule has 2 aromatic rings. The van der Waals surface area contributed by atoms with Gasteiger partial charge < -0.3 is 10.2 Å². The summed E-state index contributed by atoms with van der Waals surface area (Å²) in [6, 6.07) is 14.0. The highest BCUT2D eigenvalue weighted by Crippen LogP contribution is 2.26. The number of carbonyl (C=O) groups is 1. The van der Waals surface area contributed by atoms with E-state index in [1.165, 1.54) is 12.1 Å². The van der Waals surface area contributed by atoms with Crippen LogP contribution in [0.1, 0.15) is 35.8 Å². The Balaban J connectivity index is 2.12.